The highest BCUT2D eigenvalue weighted by Gasteiger charge is 2.17. The zero-order chi connectivity index (χ0) is 12.4. The van der Waals surface area contributed by atoms with Crippen molar-refractivity contribution in [3.05, 3.63) is 53.9 Å². The zero-order valence-corrected chi connectivity index (χ0v) is 9.14. The number of fused-ring (bicyclic) bond motifs is 1. The van der Waals surface area contributed by atoms with Crippen molar-refractivity contribution in [3.8, 4) is 0 Å². The summed E-state index contributed by atoms with van der Waals surface area (Å²) in [7, 11) is 0. The largest absolute Gasteiger partial charge is 0.478 e. The quantitative estimate of drug-likeness (QED) is 0.820. The molecule has 85 valence electrons. The lowest BCUT2D eigenvalue weighted by Crippen LogP contribution is -2.07. The Hall–Kier alpha value is -2.16. The van der Waals surface area contributed by atoms with Crippen LogP contribution in [-0.2, 0) is 6.42 Å². The number of carbonyl (C=O) groups is 2. The standard InChI is InChI=1S/C14H11O3/c1-2-9-7-10-5-3-4-6-11(10)12(8-15)13(9)14(16)17/h3-8H,1-2H2,(H,16,17). The van der Waals surface area contributed by atoms with Crippen molar-refractivity contribution in [2.75, 3.05) is 0 Å². The fourth-order valence-corrected chi connectivity index (χ4v) is 2.01. The van der Waals surface area contributed by atoms with E-state index < -0.39 is 5.97 Å². The molecule has 1 N–H and O–H groups in total. The molecular formula is C14H11O3. The summed E-state index contributed by atoms with van der Waals surface area (Å²) in [6.07, 6.45) is 0.943. The maximum Gasteiger partial charge on any atom is 0.336 e. The predicted octanol–water partition coefficient (Wildman–Crippen LogP) is 2.73. The second-order valence-corrected chi connectivity index (χ2v) is 3.72. The van der Waals surface area contributed by atoms with Crippen LogP contribution >= 0.6 is 0 Å². The summed E-state index contributed by atoms with van der Waals surface area (Å²) < 4.78 is 0. The molecule has 2 aromatic rings. The van der Waals surface area contributed by atoms with Gasteiger partial charge in [-0.05, 0) is 29.7 Å². The average molecular weight is 227 g/mol. The predicted molar refractivity (Wildman–Crippen MR) is 65.4 cm³/mol. The first-order valence-electron chi connectivity index (χ1n) is 5.21. The highest BCUT2D eigenvalue weighted by molar-refractivity contribution is 6.09. The second-order valence-electron chi connectivity index (χ2n) is 3.72. The first-order chi connectivity index (χ1) is 8.19. The number of hydrogen-bond donors (Lipinski definition) is 1. The van der Waals surface area contributed by atoms with Gasteiger partial charge in [0.2, 0.25) is 0 Å². The van der Waals surface area contributed by atoms with E-state index in [2.05, 4.69) is 6.92 Å². The van der Waals surface area contributed by atoms with Gasteiger partial charge in [0, 0.05) is 5.56 Å². The topological polar surface area (TPSA) is 54.4 Å². The normalized spacial score (nSPS) is 10.4. The summed E-state index contributed by atoms with van der Waals surface area (Å²) in [5.41, 5.74) is 0.876. The average Bonchev–Trinajstić information content (AvgIpc) is 2.35. The molecule has 0 aliphatic heterocycles. The van der Waals surface area contributed by atoms with Crippen LogP contribution in [0.15, 0.2) is 30.3 Å². The summed E-state index contributed by atoms with van der Waals surface area (Å²) in [5.74, 6) is -1.09. The van der Waals surface area contributed by atoms with Gasteiger partial charge in [-0.3, -0.25) is 4.79 Å². The van der Waals surface area contributed by atoms with E-state index in [1.54, 1.807) is 18.2 Å². The van der Waals surface area contributed by atoms with Gasteiger partial charge in [0.15, 0.2) is 6.29 Å². The Kier molecular flexibility index (Phi) is 2.91. The zero-order valence-electron chi connectivity index (χ0n) is 9.14. The van der Waals surface area contributed by atoms with Crippen LogP contribution in [0.5, 0.6) is 0 Å². The van der Waals surface area contributed by atoms with Gasteiger partial charge in [-0.25, -0.2) is 4.79 Å². The van der Waals surface area contributed by atoms with E-state index in [1.807, 2.05) is 12.1 Å². The molecule has 1 radical (unpaired) electrons. The molecule has 0 heterocycles. The Labute approximate surface area is 98.7 Å². The van der Waals surface area contributed by atoms with Gasteiger partial charge in [0.1, 0.15) is 0 Å². The van der Waals surface area contributed by atoms with E-state index in [9.17, 15) is 14.7 Å². The maximum atomic E-state index is 11.2. The Morgan fingerprint density at radius 2 is 2.06 bits per heavy atom. The number of aromatic carboxylic acids is 1. The molecule has 3 heteroatoms. The van der Waals surface area contributed by atoms with E-state index >= 15 is 0 Å². The number of benzene rings is 2. The van der Waals surface area contributed by atoms with E-state index in [1.165, 1.54) is 0 Å². The van der Waals surface area contributed by atoms with E-state index in [4.69, 9.17) is 0 Å². The van der Waals surface area contributed by atoms with Crippen molar-refractivity contribution >= 4 is 23.0 Å². The van der Waals surface area contributed by atoms with Crippen LogP contribution in [0.4, 0.5) is 0 Å². The van der Waals surface area contributed by atoms with Crippen LogP contribution in [0, 0.1) is 6.92 Å². The van der Waals surface area contributed by atoms with Crippen molar-refractivity contribution in [2.24, 2.45) is 0 Å². The second kappa shape index (κ2) is 4.37. The Morgan fingerprint density at radius 3 is 2.65 bits per heavy atom. The number of carboxylic acid groups (broad SMARTS) is 1. The summed E-state index contributed by atoms with van der Waals surface area (Å²) in [4.78, 5) is 22.3. The fraction of sp³-hybridized carbons (Fsp3) is 0.0714. The van der Waals surface area contributed by atoms with Gasteiger partial charge in [-0.2, -0.15) is 0 Å². The van der Waals surface area contributed by atoms with Crippen LogP contribution in [0.1, 0.15) is 26.3 Å². The lowest BCUT2D eigenvalue weighted by Gasteiger charge is -2.10. The van der Waals surface area contributed by atoms with Crippen LogP contribution in [0.2, 0.25) is 0 Å². The fourth-order valence-electron chi connectivity index (χ4n) is 2.01. The molecule has 0 unspecified atom stereocenters. The molecule has 0 saturated heterocycles. The molecule has 0 amide bonds. The molecular weight excluding hydrogens is 216 g/mol. The summed E-state index contributed by atoms with van der Waals surface area (Å²) in [5, 5.41) is 10.7. The molecule has 0 fully saturated rings. The number of carbonyl (C=O) groups excluding carboxylic acids is 1. The highest BCUT2D eigenvalue weighted by atomic mass is 16.4. The van der Waals surface area contributed by atoms with Crippen molar-refractivity contribution in [2.45, 2.75) is 6.42 Å². The number of aldehydes is 1. The van der Waals surface area contributed by atoms with Gasteiger partial charge < -0.3 is 5.11 Å². The lowest BCUT2D eigenvalue weighted by atomic mass is 9.93. The van der Waals surface area contributed by atoms with Gasteiger partial charge in [0.25, 0.3) is 0 Å². The van der Waals surface area contributed by atoms with Crippen molar-refractivity contribution in [1.82, 2.24) is 0 Å². The number of hydrogen-bond acceptors (Lipinski definition) is 2. The van der Waals surface area contributed by atoms with Gasteiger partial charge in [-0.15, -0.1) is 0 Å². The van der Waals surface area contributed by atoms with Crippen LogP contribution in [0.25, 0.3) is 10.8 Å². The minimum atomic E-state index is -1.09. The van der Waals surface area contributed by atoms with Crippen molar-refractivity contribution in [1.29, 1.82) is 0 Å². The Bertz CT molecular complexity index is 600. The van der Waals surface area contributed by atoms with Gasteiger partial charge in [-0.1, -0.05) is 30.3 Å². The third kappa shape index (κ3) is 1.80. The molecule has 0 spiro atoms. The maximum absolute atomic E-state index is 11.2. The smallest absolute Gasteiger partial charge is 0.336 e. The van der Waals surface area contributed by atoms with Crippen LogP contribution in [-0.4, -0.2) is 17.4 Å². The molecule has 0 aromatic heterocycles. The van der Waals surface area contributed by atoms with Crippen molar-refractivity contribution in [3.63, 3.8) is 0 Å². The van der Waals surface area contributed by atoms with Gasteiger partial charge in [0.05, 0.1) is 5.56 Å². The summed E-state index contributed by atoms with van der Waals surface area (Å²) in [6.45, 7) is 3.70. The number of rotatable bonds is 3. The van der Waals surface area contributed by atoms with E-state index in [0.29, 0.717) is 23.7 Å². The van der Waals surface area contributed by atoms with E-state index in [-0.39, 0.29) is 11.1 Å². The SMILES string of the molecule is [CH2]Cc1cc2ccccc2c(C=O)c1C(=O)O. The molecule has 2 aromatic carbocycles. The summed E-state index contributed by atoms with van der Waals surface area (Å²) >= 11 is 0. The molecule has 0 aliphatic carbocycles. The van der Waals surface area contributed by atoms with Crippen molar-refractivity contribution < 1.29 is 14.7 Å². The van der Waals surface area contributed by atoms with Gasteiger partial charge >= 0.3 is 5.97 Å². The number of carboxylic acids is 1. The molecule has 3 nitrogen and oxygen atoms in total. The minimum absolute atomic E-state index is 0.0636. The monoisotopic (exact) mass is 227 g/mol. The Balaban J connectivity index is 2.94. The highest BCUT2D eigenvalue weighted by Crippen LogP contribution is 2.25. The molecule has 0 atom stereocenters. The molecule has 0 bridgehead atoms. The lowest BCUT2D eigenvalue weighted by molar-refractivity contribution is 0.0693. The summed E-state index contributed by atoms with van der Waals surface area (Å²) in [6, 6.07) is 9.01. The third-order valence-corrected chi connectivity index (χ3v) is 2.77. The first-order valence-corrected chi connectivity index (χ1v) is 5.21. The molecule has 2 rings (SSSR count). The van der Waals surface area contributed by atoms with Crippen LogP contribution in [0.3, 0.4) is 0 Å². The molecule has 17 heavy (non-hydrogen) atoms. The Morgan fingerprint density at radius 1 is 1.35 bits per heavy atom. The molecule has 0 aliphatic rings. The molecule has 0 saturated carbocycles. The van der Waals surface area contributed by atoms with E-state index in [0.717, 1.165) is 5.39 Å². The first kappa shape index (κ1) is 11.3. The third-order valence-electron chi connectivity index (χ3n) is 2.77. The minimum Gasteiger partial charge on any atom is -0.478 e. The van der Waals surface area contributed by atoms with Crippen LogP contribution < -0.4 is 0 Å².